The Hall–Kier alpha value is -0.760. The number of benzene rings is 2. The molecule has 15 heavy (non-hydrogen) atoms. The molecule has 0 saturated carbocycles. The van der Waals surface area contributed by atoms with Gasteiger partial charge in [0.25, 0.3) is 0 Å². The van der Waals surface area contributed by atoms with E-state index in [1.165, 1.54) is 0 Å². The third-order valence-corrected chi connectivity index (χ3v) is 2.30. The van der Waals surface area contributed by atoms with Gasteiger partial charge in [0.15, 0.2) is 0 Å². The SMILES string of the molecule is Cc1cccc(-c2ccccc2)c1[O-].[Na+]. The van der Waals surface area contributed by atoms with Crippen LogP contribution in [0.25, 0.3) is 11.1 Å². The van der Waals surface area contributed by atoms with Crippen molar-refractivity contribution in [3.05, 3.63) is 54.1 Å². The third-order valence-electron chi connectivity index (χ3n) is 2.30. The first-order valence-electron chi connectivity index (χ1n) is 4.61. The van der Waals surface area contributed by atoms with Crippen LogP contribution in [0, 0.1) is 6.92 Å². The van der Waals surface area contributed by atoms with Crippen LogP contribution in [0.3, 0.4) is 0 Å². The van der Waals surface area contributed by atoms with Crippen molar-refractivity contribution in [1.82, 2.24) is 0 Å². The Kier molecular flexibility index (Phi) is 4.40. The first-order valence-corrected chi connectivity index (χ1v) is 4.61. The molecule has 1 nitrogen and oxygen atoms in total. The van der Waals surface area contributed by atoms with E-state index in [2.05, 4.69) is 0 Å². The molecule has 0 radical (unpaired) electrons. The zero-order valence-corrected chi connectivity index (χ0v) is 11.0. The molecular formula is C13H11NaO. The molecule has 0 unspecified atom stereocenters. The zero-order valence-electron chi connectivity index (χ0n) is 9.03. The molecule has 2 heteroatoms. The van der Waals surface area contributed by atoms with E-state index < -0.39 is 0 Å². The van der Waals surface area contributed by atoms with Gasteiger partial charge in [0, 0.05) is 0 Å². The second-order valence-electron chi connectivity index (χ2n) is 3.32. The van der Waals surface area contributed by atoms with Gasteiger partial charge in [0.2, 0.25) is 0 Å². The maximum atomic E-state index is 11.8. The van der Waals surface area contributed by atoms with Gasteiger partial charge in [-0.05, 0) is 18.1 Å². The first kappa shape index (κ1) is 12.3. The van der Waals surface area contributed by atoms with E-state index in [4.69, 9.17) is 0 Å². The van der Waals surface area contributed by atoms with Crippen LogP contribution < -0.4 is 34.7 Å². The van der Waals surface area contributed by atoms with Crippen molar-refractivity contribution < 1.29 is 34.7 Å². The predicted molar refractivity (Wildman–Crippen MR) is 56.1 cm³/mol. The quantitative estimate of drug-likeness (QED) is 0.589. The van der Waals surface area contributed by atoms with Crippen LogP contribution in [-0.4, -0.2) is 0 Å². The zero-order chi connectivity index (χ0) is 9.97. The van der Waals surface area contributed by atoms with Crippen LogP contribution in [0.2, 0.25) is 0 Å². The summed E-state index contributed by atoms with van der Waals surface area (Å²) in [5, 5.41) is 11.8. The number of rotatable bonds is 1. The van der Waals surface area contributed by atoms with Crippen molar-refractivity contribution in [3.63, 3.8) is 0 Å². The normalized spacial score (nSPS) is 9.40. The fraction of sp³-hybridized carbons (Fsp3) is 0.0769. The van der Waals surface area contributed by atoms with E-state index in [0.717, 1.165) is 16.7 Å². The summed E-state index contributed by atoms with van der Waals surface area (Å²) in [6.07, 6.45) is 0. The Bertz CT molecular complexity index is 438. The number of aryl methyl sites for hydroxylation is 1. The van der Waals surface area contributed by atoms with Gasteiger partial charge in [0.05, 0.1) is 0 Å². The summed E-state index contributed by atoms with van der Waals surface area (Å²) < 4.78 is 0. The molecule has 0 atom stereocenters. The second kappa shape index (κ2) is 5.36. The summed E-state index contributed by atoms with van der Waals surface area (Å²) in [5.74, 6) is 0.124. The molecule has 0 aromatic heterocycles. The Morgan fingerprint density at radius 2 is 1.53 bits per heavy atom. The van der Waals surface area contributed by atoms with E-state index in [9.17, 15) is 5.11 Å². The van der Waals surface area contributed by atoms with Crippen LogP contribution >= 0.6 is 0 Å². The molecule has 0 saturated heterocycles. The van der Waals surface area contributed by atoms with Crippen LogP contribution in [0.5, 0.6) is 5.75 Å². The van der Waals surface area contributed by atoms with E-state index in [1.54, 1.807) is 0 Å². The van der Waals surface area contributed by atoms with Gasteiger partial charge in [0.1, 0.15) is 0 Å². The van der Waals surface area contributed by atoms with Crippen molar-refractivity contribution in [2.45, 2.75) is 6.92 Å². The standard InChI is InChI=1S/C13H12O.Na/c1-10-6-5-9-12(13(10)14)11-7-3-2-4-8-11;/h2-9,14H,1H3;/q;+1/p-1. The van der Waals surface area contributed by atoms with Crippen LogP contribution in [0.1, 0.15) is 5.56 Å². The number of hydrogen-bond donors (Lipinski definition) is 0. The topological polar surface area (TPSA) is 23.1 Å². The molecule has 0 aliphatic heterocycles. The van der Waals surface area contributed by atoms with Crippen molar-refractivity contribution in [2.24, 2.45) is 0 Å². The van der Waals surface area contributed by atoms with Gasteiger partial charge in [-0.25, -0.2) is 0 Å². The fourth-order valence-electron chi connectivity index (χ4n) is 1.50. The minimum absolute atomic E-state index is 0. The van der Waals surface area contributed by atoms with Crippen molar-refractivity contribution in [3.8, 4) is 16.9 Å². The average Bonchev–Trinajstić information content (AvgIpc) is 2.23. The minimum atomic E-state index is 0. The van der Waals surface area contributed by atoms with Gasteiger partial charge < -0.3 is 5.11 Å². The number of hydrogen-bond acceptors (Lipinski definition) is 1. The Labute approximate surface area is 112 Å². The minimum Gasteiger partial charge on any atom is -0.872 e. The molecule has 0 bridgehead atoms. The monoisotopic (exact) mass is 206 g/mol. The molecular weight excluding hydrogens is 195 g/mol. The van der Waals surface area contributed by atoms with Crippen molar-refractivity contribution in [1.29, 1.82) is 0 Å². The molecule has 0 amide bonds. The predicted octanol–water partition coefficient (Wildman–Crippen LogP) is -0.260. The average molecular weight is 206 g/mol. The summed E-state index contributed by atoms with van der Waals surface area (Å²) in [6, 6.07) is 15.4. The van der Waals surface area contributed by atoms with E-state index in [-0.39, 0.29) is 35.3 Å². The van der Waals surface area contributed by atoms with E-state index in [1.807, 2.05) is 55.5 Å². The molecule has 0 spiro atoms. The largest absolute Gasteiger partial charge is 1.00 e. The molecule has 2 aromatic rings. The molecule has 2 rings (SSSR count). The maximum Gasteiger partial charge on any atom is 1.00 e. The first-order chi connectivity index (χ1) is 6.79. The van der Waals surface area contributed by atoms with Gasteiger partial charge in [-0.1, -0.05) is 59.8 Å². The Morgan fingerprint density at radius 3 is 2.20 bits per heavy atom. The summed E-state index contributed by atoms with van der Waals surface area (Å²) in [6.45, 7) is 1.84. The van der Waals surface area contributed by atoms with Crippen molar-refractivity contribution >= 4 is 0 Å². The third kappa shape index (κ3) is 2.63. The smallest absolute Gasteiger partial charge is 0.872 e. The van der Waals surface area contributed by atoms with Crippen molar-refractivity contribution in [2.75, 3.05) is 0 Å². The summed E-state index contributed by atoms with van der Waals surface area (Å²) in [7, 11) is 0. The van der Waals surface area contributed by atoms with Crippen LogP contribution in [0.4, 0.5) is 0 Å². The Morgan fingerprint density at radius 1 is 0.867 bits per heavy atom. The molecule has 0 fully saturated rings. The molecule has 2 aromatic carbocycles. The van der Waals surface area contributed by atoms with E-state index in [0.29, 0.717) is 0 Å². The molecule has 0 heterocycles. The molecule has 0 aliphatic carbocycles. The summed E-state index contributed by atoms with van der Waals surface area (Å²) in [5.41, 5.74) is 2.57. The van der Waals surface area contributed by atoms with Crippen LogP contribution in [0.15, 0.2) is 48.5 Å². The van der Waals surface area contributed by atoms with Gasteiger partial charge in [-0.2, -0.15) is 0 Å². The van der Waals surface area contributed by atoms with Gasteiger partial charge in [-0.15, -0.1) is 0 Å². The maximum absolute atomic E-state index is 11.8. The van der Waals surface area contributed by atoms with Crippen LogP contribution in [-0.2, 0) is 0 Å². The molecule has 70 valence electrons. The van der Waals surface area contributed by atoms with Gasteiger partial charge >= 0.3 is 29.6 Å². The van der Waals surface area contributed by atoms with E-state index >= 15 is 0 Å². The molecule has 0 N–H and O–H groups in total. The summed E-state index contributed by atoms with van der Waals surface area (Å²) in [4.78, 5) is 0. The number of para-hydroxylation sites is 1. The van der Waals surface area contributed by atoms with Gasteiger partial charge in [-0.3, -0.25) is 0 Å². The second-order valence-corrected chi connectivity index (χ2v) is 3.32. The summed E-state index contributed by atoms with van der Waals surface area (Å²) >= 11 is 0. The fourth-order valence-corrected chi connectivity index (χ4v) is 1.50. The molecule has 0 aliphatic rings. The Balaban J connectivity index is 0.00000112.